The molecule has 0 radical (unpaired) electrons. The molecule has 38 heavy (non-hydrogen) atoms. The maximum Gasteiger partial charge on any atom is 0.309 e. The van der Waals surface area contributed by atoms with Gasteiger partial charge in [-0.3, -0.25) is 9.59 Å². The largest absolute Gasteiger partial charge is 0.457 e. The summed E-state index contributed by atoms with van der Waals surface area (Å²) in [6.07, 6.45) is 2.05. The number of rotatable bonds is 3. The zero-order valence-electron chi connectivity index (χ0n) is 23.6. The highest BCUT2D eigenvalue weighted by atomic mass is 16.5. The number of hydrogen-bond donors (Lipinski definition) is 3. The van der Waals surface area contributed by atoms with Gasteiger partial charge in [0.05, 0.1) is 41.7 Å². The van der Waals surface area contributed by atoms with Crippen molar-refractivity contribution < 1.29 is 29.6 Å². The van der Waals surface area contributed by atoms with Gasteiger partial charge in [-0.05, 0) is 56.7 Å². The van der Waals surface area contributed by atoms with E-state index in [2.05, 4.69) is 11.1 Å². The Kier molecular flexibility index (Phi) is 9.90. The molecule has 8 heteroatoms. The minimum absolute atomic E-state index is 0.00998. The summed E-state index contributed by atoms with van der Waals surface area (Å²) < 4.78 is 7.85. The molecule has 0 bridgehead atoms. The molecule has 2 heterocycles. The van der Waals surface area contributed by atoms with Crippen molar-refractivity contribution in [1.29, 1.82) is 0 Å². The van der Waals surface area contributed by atoms with Gasteiger partial charge in [-0.2, -0.15) is 0 Å². The number of aliphatic hydroxyl groups is 3. The minimum atomic E-state index is -1.25. The summed E-state index contributed by atoms with van der Waals surface area (Å²) in [6.45, 7) is 11.3. The van der Waals surface area contributed by atoms with Crippen LogP contribution in [0.5, 0.6) is 0 Å². The number of aryl methyl sites for hydroxylation is 1. The Balaban J connectivity index is 1.94. The third-order valence-electron chi connectivity index (χ3n) is 8.18. The Morgan fingerprint density at radius 3 is 2.55 bits per heavy atom. The third kappa shape index (κ3) is 6.71. The average Bonchev–Trinajstić information content (AvgIpc) is 3.18. The quantitative estimate of drug-likeness (QED) is 0.398. The van der Waals surface area contributed by atoms with E-state index < -0.39 is 35.6 Å². The molecular weight excluding hydrogens is 484 g/mol. The average molecular weight is 529 g/mol. The Bertz CT molecular complexity index is 1170. The Morgan fingerprint density at radius 2 is 1.87 bits per heavy atom. The number of allylic oxidation sites excluding steroid dienone is 1. The van der Waals surface area contributed by atoms with Gasteiger partial charge in [0, 0.05) is 18.9 Å². The van der Waals surface area contributed by atoms with Crippen molar-refractivity contribution >= 4 is 22.8 Å². The first-order valence-electron chi connectivity index (χ1n) is 13.7. The fraction of sp³-hybridized carbons (Fsp3) is 0.633. The molecule has 0 spiro atoms. The molecule has 1 aromatic carbocycles. The number of carbonyl (C=O) groups excluding carboxylic acids is 2. The molecular formula is C30H44N2O6. The lowest BCUT2D eigenvalue weighted by Gasteiger charge is -2.34. The van der Waals surface area contributed by atoms with E-state index in [1.807, 2.05) is 43.5 Å². The Labute approximate surface area is 225 Å². The molecule has 1 aliphatic rings. The van der Waals surface area contributed by atoms with Crippen LogP contribution in [-0.4, -0.2) is 55.4 Å². The third-order valence-corrected chi connectivity index (χ3v) is 8.18. The van der Waals surface area contributed by atoms with Crippen molar-refractivity contribution in [3.05, 3.63) is 41.2 Å². The highest BCUT2D eigenvalue weighted by Crippen LogP contribution is 2.33. The molecule has 8 nitrogen and oxygen atoms in total. The number of benzene rings is 1. The van der Waals surface area contributed by atoms with Crippen LogP contribution in [0, 0.1) is 24.2 Å². The maximum absolute atomic E-state index is 13.3. The number of fused-ring (bicyclic) bond motifs is 1. The predicted octanol–water partition coefficient (Wildman–Crippen LogP) is 4.42. The lowest BCUT2D eigenvalue weighted by atomic mass is 9.73. The number of aliphatic hydroxyl groups excluding tert-OH is 3. The molecule has 1 aromatic heterocycles. The maximum atomic E-state index is 13.3. The van der Waals surface area contributed by atoms with Crippen LogP contribution < -0.4 is 0 Å². The van der Waals surface area contributed by atoms with E-state index in [9.17, 15) is 24.9 Å². The predicted molar refractivity (Wildman–Crippen MR) is 146 cm³/mol. The number of ketones is 1. The van der Waals surface area contributed by atoms with E-state index in [0.29, 0.717) is 13.0 Å². The second kappa shape index (κ2) is 12.5. The van der Waals surface area contributed by atoms with Gasteiger partial charge in [0.2, 0.25) is 0 Å². The first kappa shape index (κ1) is 30.0. The van der Waals surface area contributed by atoms with Crippen LogP contribution in [0.4, 0.5) is 0 Å². The molecule has 5 atom stereocenters. The van der Waals surface area contributed by atoms with Crippen molar-refractivity contribution in [3.8, 4) is 0 Å². The van der Waals surface area contributed by atoms with Crippen LogP contribution in [0.1, 0.15) is 84.2 Å². The van der Waals surface area contributed by atoms with E-state index in [4.69, 9.17) is 4.74 Å². The van der Waals surface area contributed by atoms with Crippen LogP contribution in [0.25, 0.3) is 11.0 Å². The van der Waals surface area contributed by atoms with Crippen molar-refractivity contribution in [1.82, 2.24) is 9.55 Å². The fourth-order valence-corrected chi connectivity index (χ4v) is 5.40. The van der Waals surface area contributed by atoms with Crippen molar-refractivity contribution in [2.45, 2.75) is 98.5 Å². The molecule has 3 unspecified atom stereocenters. The standard InChI is InChI=1S/C30H44N2O6/c1-18-8-7-9-19(2)28(36)20(3)29(37)30(5,6)26(34)17-27(35)38-25(13-10-18)22-11-12-24-23(16-22)31-21(4)32(24)14-15-33/h10-12,16,19-20,25-26,28,33-34,36H,7-9,13-15,17H2,1-6H3/t19?,20?,25-,26?,28-/m0/s1. The summed E-state index contributed by atoms with van der Waals surface area (Å²) in [5.41, 5.74) is 2.38. The first-order valence-corrected chi connectivity index (χ1v) is 13.7. The topological polar surface area (TPSA) is 122 Å². The lowest BCUT2D eigenvalue weighted by Crippen LogP contribution is -2.45. The van der Waals surface area contributed by atoms with E-state index >= 15 is 0 Å². The molecule has 210 valence electrons. The number of esters is 1. The molecule has 2 aromatic rings. The van der Waals surface area contributed by atoms with Gasteiger partial charge in [-0.15, -0.1) is 0 Å². The summed E-state index contributed by atoms with van der Waals surface area (Å²) in [4.78, 5) is 30.9. The number of carbonyl (C=O) groups is 2. The molecule has 3 rings (SSSR count). The minimum Gasteiger partial charge on any atom is -0.457 e. The molecule has 0 saturated carbocycles. The highest BCUT2D eigenvalue weighted by molar-refractivity contribution is 5.88. The Morgan fingerprint density at radius 1 is 1.16 bits per heavy atom. The molecule has 0 aliphatic carbocycles. The van der Waals surface area contributed by atoms with Gasteiger partial charge >= 0.3 is 5.97 Å². The molecule has 0 amide bonds. The highest BCUT2D eigenvalue weighted by Gasteiger charge is 2.42. The number of imidazole rings is 1. The van der Waals surface area contributed by atoms with Gasteiger partial charge in [0.15, 0.2) is 0 Å². The van der Waals surface area contributed by atoms with Gasteiger partial charge in [0.1, 0.15) is 17.7 Å². The van der Waals surface area contributed by atoms with Gasteiger partial charge in [0.25, 0.3) is 0 Å². The first-order chi connectivity index (χ1) is 17.9. The number of nitrogens with zero attached hydrogens (tertiary/aromatic N) is 2. The lowest BCUT2D eigenvalue weighted by molar-refractivity contribution is -0.155. The molecule has 3 N–H and O–H groups in total. The van der Waals surface area contributed by atoms with Gasteiger partial charge in [-0.25, -0.2) is 4.98 Å². The van der Waals surface area contributed by atoms with Crippen molar-refractivity contribution in [2.75, 3.05) is 6.61 Å². The monoisotopic (exact) mass is 528 g/mol. The van der Waals surface area contributed by atoms with Crippen LogP contribution in [0.3, 0.4) is 0 Å². The van der Waals surface area contributed by atoms with Gasteiger partial charge in [-0.1, -0.05) is 45.4 Å². The van der Waals surface area contributed by atoms with Crippen LogP contribution in [0.15, 0.2) is 29.8 Å². The summed E-state index contributed by atoms with van der Waals surface area (Å²) in [7, 11) is 0. The van der Waals surface area contributed by atoms with E-state index in [0.717, 1.165) is 47.3 Å². The zero-order chi connectivity index (χ0) is 28.2. The number of Topliss-reactive ketones (excluding diaryl/α,β-unsaturated/α-hetero) is 1. The second-order valence-corrected chi connectivity index (χ2v) is 11.5. The molecule has 0 saturated heterocycles. The number of hydrogen-bond acceptors (Lipinski definition) is 7. The summed E-state index contributed by atoms with van der Waals surface area (Å²) >= 11 is 0. The summed E-state index contributed by atoms with van der Waals surface area (Å²) in [6, 6.07) is 5.74. The van der Waals surface area contributed by atoms with E-state index in [1.165, 1.54) is 0 Å². The van der Waals surface area contributed by atoms with Gasteiger partial charge < -0.3 is 24.6 Å². The van der Waals surface area contributed by atoms with Crippen molar-refractivity contribution in [3.63, 3.8) is 0 Å². The molecule has 0 fully saturated rings. The SMILES string of the molecule is CC1=CC[C@@H](c2ccc3c(c2)nc(C)n3CCO)OC(=O)CC(O)C(C)(C)C(=O)C(C)[C@@H](O)C(C)CCC1. The number of cyclic esters (lactones) is 1. The normalized spacial score (nSPS) is 28.2. The number of ether oxygens (including phenoxy) is 1. The second-order valence-electron chi connectivity index (χ2n) is 11.5. The fourth-order valence-electron chi connectivity index (χ4n) is 5.40. The van der Waals surface area contributed by atoms with E-state index in [-0.39, 0.29) is 24.7 Å². The van der Waals surface area contributed by atoms with E-state index in [1.54, 1.807) is 20.8 Å². The summed E-state index contributed by atoms with van der Waals surface area (Å²) in [5.74, 6) is -0.799. The van der Waals surface area contributed by atoms with Crippen molar-refractivity contribution in [2.24, 2.45) is 17.3 Å². The van der Waals surface area contributed by atoms with Crippen LogP contribution in [-0.2, 0) is 20.9 Å². The zero-order valence-corrected chi connectivity index (χ0v) is 23.6. The van der Waals surface area contributed by atoms with Crippen LogP contribution >= 0.6 is 0 Å². The van der Waals surface area contributed by atoms with Crippen LogP contribution in [0.2, 0.25) is 0 Å². The molecule has 1 aliphatic heterocycles. The Hall–Kier alpha value is -2.55. The summed E-state index contributed by atoms with van der Waals surface area (Å²) in [5, 5.41) is 31.2. The number of aromatic nitrogens is 2. The smallest absolute Gasteiger partial charge is 0.309 e.